The molecule has 0 radical (unpaired) electrons. The molecule has 0 saturated carbocycles. The summed E-state index contributed by atoms with van der Waals surface area (Å²) in [5.41, 5.74) is 3.85. The number of halogens is 2. The van der Waals surface area contributed by atoms with Crippen molar-refractivity contribution in [1.29, 1.82) is 0 Å². The Bertz CT molecular complexity index is 1390. The standard InChI is InChI=1S/C28H30Cl2N6O/c1-18(26-22(29)16-31-17-23(26)30)37-20-5-6-24-21(14-20)27(34-33-24)19-4-7-25(32-15-19)36-12-9-28(10-13-36)8-3-11-35(28)2/h4-7,14-18H,3,8-13H2,1-2H3,(H,33,34). The Balaban J connectivity index is 1.20. The molecule has 5 heterocycles. The number of hydrogen-bond donors (Lipinski definition) is 1. The molecular weight excluding hydrogens is 507 g/mol. The number of benzene rings is 1. The molecule has 2 fully saturated rings. The first-order valence-corrected chi connectivity index (χ1v) is 13.6. The fraction of sp³-hybridized carbons (Fsp3) is 0.393. The van der Waals surface area contributed by atoms with Crippen molar-refractivity contribution in [3.05, 3.63) is 64.5 Å². The van der Waals surface area contributed by atoms with E-state index in [1.165, 1.54) is 32.2 Å². The van der Waals surface area contributed by atoms with Crippen LogP contribution in [0.1, 0.15) is 44.3 Å². The molecule has 9 heteroatoms. The van der Waals surface area contributed by atoms with E-state index < -0.39 is 0 Å². The smallest absolute Gasteiger partial charge is 0.128 e. The van der Waals surface area contributed by atoms with E-state index in [1.54, 1.807) is 12.4 Å². The summed E-state index contributed by atoms with van der Waals surface area (Å²) < 4.78 is 6.21. The highest BCUT2D eigenvalue weighted by Gasteiger charge is 2.41. The minimum absolute atomic E-state index is 0.343. The molecule has 37 heavy (non-hydrogen) atoms. The Labute approximate surface area is 226 Å². The largest absolute Gasteiger partial charge is 0.486 e. The average Bonchev–Trinajstić information content (AvgIpc) is 3.48. The molecule has 6 rings (SSSR count). The van der Waals surface area contributed by atoms with Crippen molar-refractivity contribution in [1.82, 2.24) is 25.1 Å². The molecule has 1 spiro atoms. The average molecular weight is 537 g/mol. The number of likely N-dealkylation sites (tertiary alicyclic amines) is 1. The zero-order valence-corrected chi connectivity index (χ0v) is 22.6. The summed E-state index contributed by atoms with van der Waals surface area (Å²) in [5.74, 6) is 1.73. The van der Waals surface area contributed by atoms with Crippen LogP contribution in [0.25, 0.3) is 22.2 Å². The second-order valence-corrected chi connectivity index (χ2v) is 11.0. The van der Waals surface area contributed by atoms with Crippen molar-refractivity contribution in [2.45, 2.75) is 44.2 Å². The van der Waals surface area contributed by atoms with E-state index >= 15 is 0 Å². The summed E-state index contributed by atoms with van der Waals surface area (Å²) in [5, 5.41) is 9.64. The maximum Gasteiger partial charge on any atom is 0.128 e. The van der Waals surface area contributed by atoms with Gasteiger partial charge in [0.2, 0.25) is 0 Å². The van der Waals surface area contributed by atoms with Crippen LogP contribution in [0.5, 0.6) is 5.75 Å². The van der Waals surface area contributed by atoms with E-state index in [4.69, 9.17) is 32.9 Å². The van der Waals surface area contributed by atoms with E-state index in [9.17, 15) is 0 Å². The Kier molecular flexibility index (Phi) is 6.47. The SMILES string of the molecule is CC(Oc1ccc2[nH]nc(-c3ccc(N4CCC5(CCCN5C)CC4)nc3)c2c1)c1c(Cl)cncc1Cl. The van der Waals surface area contributed by atoms with E-state index in [1.807, 2.05) is 31.3 Å². The van der Waals surface area contributed by atoms with Crippen molar-refractivity contribution in [3.8, 4) is 17.0 Å². The molecule has 7 nitrogen and oxygen atoms in total. The summed E-state index contributed by atoms with van der Waals surface area (Å²) in [6.07, 6.45) is 9.77. The molecule has 1 aromatic carbocycles. The lowest BCUT2D eigenvalue weighted by Crippen LogP contribution is -2.50. The van der Waals surface area contributed by atoms with Crippen LogP contribution in [0.4, 0.5) is 5.82 Å². The number of nitrogens with zero attached hydrogens (tertiary/aromatic N) is 5. The van der Waals surface area contributed by atoms with Gasteiger partial charge < -0.3 is 14.5 Å². The number of ether oxygens (including phenoxy) is 1. The van der Waals surface area contributed by atoms with Gasteiger partial charge >= 0.3 is 0 Å². The highest BCUT2D eigenvalue weighted by Crippen LogP contribution is 2.39. The van der Waals surface area contributed by atoms with Crippen molar-refractivity contribution < 1.29 is 4.74 Å². The van der Waals surface area contributed by atoms with Crippen LogP contribution in [0, 0.1) is 0 Å². The number of rotatable bonds is 5. The van der Waals surface area contributed by atoms with Gasteiger partial charge in [0, 0.05) is 53.7 Å². The van der Waals surface area contributed by atoms with Gasteiger partial charge in [0.15, 0.2) is 0 Å². The minimum atomic E-state index is -0.343. The number of pyridine rings is 2. The number of nitrogens with one attached hydrogen (secondary N) is 1. The lowest BCUT2D eigenvalue weighted by molar-refractivity contribution is 0.137. The molecule has 1 N–H and O–H groups in total. The van der Waals surface area contributed by atoms with Gasteiger partial charge in [-0.1, -0.05) is 23.2 Å². The van der Waals surface area contributed by atoms with Crippen molar-refractivity contribution in [3.63, 3.8) is 0 Å². The monoisotopic (exact) mass is 536 g/mol. The highest BCUT2D eigenvalue weighted by atomic mass is 35.5. The van der Waals surface area contributed by atoms with Gasteiger partial charge in [-0.25, -0.2) is 4.98 Å². The molecule has 0 bridgehead atoms. The van der Waals surface area contributed by atoms with Crippen LogP contribution in [-0.2, 0) is 0 Å². The summed E-state index contributed by atoms with van der Waals surface area (Å²) in [4.78, 5) is 13.8. The second kappa shape index (κ2) is 9.78. The summed E-state index contributed by atoms with van der Waals surface area (Å²) >= 11 is 12.7. The first kappa shape index (κ1) is 24.5. The van der Waals surface area contributed by atoms with Crippen LogP contribution in [0.15, 0.2) is 48.9 Å². The van der Waals surface area contributed by atoms with Crippen LogP contribution in [0.3, 0.4) is 0 Å². The minimum Gasteiger partial charge on any atom is -0.486 e. The van der Waals surface area contributed by atoms with Crippen molar-refractivity contribution >= 4 is 39.9 Å². The molecule has 2 aliphatic rings. The normalized spacial score (nSPS) is 18.5. The molecular formula is C28H30Cl2N6O. The molecule has 2 saturated heterocycles. The predicted octanol–water partition coefficient (Wildman–Crippen LogP) is 6.53. The van der Waals surface area contributed by atoms with Crippen LogP contribution in [0.2, 0.25) is 10.0 Å². The Hall–Kier alpha value is -2.87. The lowest BCUT2D eigenvalue weighted by Gasteiger charge is -2.44. The molecule has 0 amide bonds. The molecule has 192 valence electrons. The number of anilines is 1. The van der Waals surface area contributed by atoms with E-state index in [0.29, 0.717) is 26.9 Å². The number of H-pyrrole nitrogens is 1. The van der Waals surface area contributed by atoms with Gasteiger partial charge in [0.25, 0.3) is 0 Å². The third-order valence-corrected chi connectivity index (χ3v) is 8.73. The van der Waals surface area contributed by atoms with Gasteiger partial charge in [-0.15, -0.1) is 0 Å². The number of hydrogen-bond acceptors (Lipinski definition) is 6. The Morgan fingerprint density at radius 3 is 2.46 bits per heavy atom. The van der Waals surface area contributed by atoms with Crippen molar-refractivity contribution in [2.24, 2.45) is 0 Å². The van der Waals surface area contributed by atoms with E-state index in [-0.39, 0.29) is 6.10 Å². The molecule has 3 aromatic heterocycles. The highest BCUT2D eigenvalue weighted by molar-refractivity contribution is 6.35. The van der Waals surface area contributed by atoms with Gasteiger partial charge in [-0.3, -0.25) is 10.1 Å². The summed E-state index contributed by atoms with van der Waals surface area (Å²) in [7, 11) is 2.28. The maximum absolute atomic E-state index is 6.33. The topological polar surface area (TPSA) is 70.2 Å². The third-order valence-electron chi connectivity index (χ3n) is 8.13. The third kappa shape index (κ3) is 4.54. The van der Waals surface area contributed by atoms with Gasteiger partial charge in [-0.2, -0.15) is 5.10 Å². The van der Waals surface area contributed by atoms with Crippen LogP contribution in [-0.4, -0.2) is 57.3 Å². The first-order valence-electron chi connectivity index (χ1n) is 12.8. The van der Waals surface area contributed by atoms with Crippen molar-refractivity contribution in [2.75, 3.05) is 31.6 Å². The fourth-order valence-corrected chi connectivity index (χ4v) is 6.60. The number of piperidine rings is 1. The molecule has 1 atom stereocenters. The molecule has 0 aliphatic carbocycles. The second-order valence-electron chi connectivity index (χ2n) is 10.2. The zero-order valence-electron chi connectivity index (χ0n) is 21.0. The summed E-state index contributed by atoms with van der Waals surface area (Å²) in [6, 6.07) is 10.1. The molecule has 1 unspecified atom stereocenters. The van der Waals surface area contributed by atoms with Gasteiger partial charge in [-0.05, 0) is 76.5 Å². The quantitative estimate of drug-likeness (QED) is 0.312. The first-order chi connectivity index (χ1) is 17.9. The Morgan fingerprint density at radius 2 is 1.78 bits per heavy atom. The predicted molar refractivity (Wildman–Crippen MR) is 149 cm³/mol. The number of aromatic amines is 1. The number of aromatic nitrogens is 4. The Morgan fingerprint density at radius 1 is 1.00 bits per heavy atom. The molecule has 4 aromatic rings. The fourth-order valence-electron chi connectivity index (χ4n) is 5.93. The van der Waals surface area contributed by atoms with E-state index in [2.05, 4.69) is 44.2 Å². The lowest BCUT2D eigenvalue weighted by atomic mass is 9.85. The summed E-state index contributed by atoms with van der Waals surface area (Å²) in [6.45, 7) is 5.24. The maximum atomic E-state index is 6.33. The van der Waals surface area contributed by atoms with Crippen LogP contribution < -0.4 is 9.64 Å². The van der Waals surface area contributed by atoms with E-state index in [0.717, 1.165) is 41.1 Å². The number of fused-ring (bicyclic) bond motifs is 1. The van der Waals surface area contributed by atoms with Gasteiger partial charge in [0.1, 0.15) is 23.4 Å². The van der Waals surface area contributed by atoms with Crippen LogP contribution >= 0.6 is 23.2 Å². The molecule has 2 aliphatic heterocycles. The van der Waals surface area contributed by atoms with Gasteiger partial charge in [0.05, 0.1) is 15.6 Å². The zero-order chi connectivity index (χ0) is 25.6.